The van der Waals surface area contributed by atoms with Crippen molar-refractivity contribution in [1.82, 2.24) is 5.32 Å². The molecule has 1 nitrogen and oxygen atoms in total. The Balaban J connectivity index is 1.90. The van der Waals surface area contributed by atoms with Crippen molar-refractivity contribution in [2.24, 2.45) is 0 Å². The van der Waals surface area contributed by atoms with E-state index in [1.165, 1.54) is 25.0 Å². The maximum atomic E-state index is 13.1. The molecule has 0 atom stereocenters. The lowest BCUT2D eigenvalue weighted by Gasteiger charge is -1.98. The van der Waals surface area contributed by atoms with Crippen molar-refractivity contribution in [3.8, 4) is 0 Å². The Labute approximate surface area is 87.8 Å². The summed E-state index contributed by atoms with van der Waals surface area (Å²) in [6, 6.07) is 4.25. The average molecular weight is 209 g/mol. The van der Waals surface area contributed by atoms with Crippen molar-refractivity contribution in [2.75, 3.05) is 6.54 Å². The molecule has 0 heterocycles. The van der Waals surface area contributed by atoms with Gasteiger partial charge in [0.2, 0.25) is 0 Å². The largest absolute Gasteiger partial charge is 0.311 e. The average Bonchev–Trinajstić information content (AvgIpc) is 2.99. The van der Waals surface area contributed by atoms with Gasteiger partial charge in [-0.25, -0.2) is 8.78 Å². The first-order chi connectivity index (χ1) is 7.25. The SMILES string of the molecule is Fc1ccc(C=CCNC2CC2)c(F)c1. The fourth-order valence-electron chi connectivity index (χ4n) is 1.34. The van der Waals surface area contributed by atoms with E-state index in [0.717, 1.165) is 12.6 Å². The molecule has 1 aromatic carbocycles. The maximum absolute atomic E-state index is 13.1. The molecule has 0 amide bonds. The predicted octanol–water partition coefficient (Wildman–Crippen LogP) is 2.73. The molecule has 0 aromatic heterocycles. The number of benzene rings is 1. The molecule has 15 heavy (non-hydrogen) atoms. The van der Waals surface area contributed by atoms with Crippen LogP contribution in [0.25, 0.3) is 6.08 Å². The summed E-state index contributed by atoms with van der Waals surface area (Å²) < 4.78 is 25.7. The quantitative estimate of drug-likeness (QED) is 0.804. The van der Waals surface area contributed by atoms with Gasteiger partial charge >= 0.3 is 0 Å². The first kappa shape index (κ1) is 10.3. The minimum absolute atomic E-state index is 0.425. The van der Waals surface area contributed by atoms with E-state index >= 15 is 0 Å². The van der Waals surface area contributed by atoms with E-state index in [1.54, 1.807) is 6.08 Å². The molecule has 1 aromatic rings. The summed E-state index contributed by atoms with van der Waals surface area (Å²) >= 11 is 0. The summed E-state index contributed by atoms with van der Waals surface area (Å²) in [7, 11) is 0. The zero-order chi connectivity index (χ0) is 10.7. The third kappa shape index (κ3) is 3.13. The highest BCUT2D eigenvalue weighted by Gasteiger charge is 2.18. The van der Waals surface area contributed by atoms with Crippen LogP contribution in [0.1, 0.15) is 18.4 Å². The molecule has 2 rings (SSSR count). The van der Waals surface area contributed by atoms with Gasteiger partial charge in [0.1, 0.15) is 11.6 Å². The molecule has 0 aliphatic heterocycles. The molecular weight excluding hydrogens is 196 g/mol. The van der Waals surface area contributed by atoms with E-state index < -0.39 is 11.6 Å². The molecule has 1 N–H and O–H groups in total. The summed E-state index contributed by atoms with van der Waals surface area (Å²) in [4.78, 5) is 0. The molecule has 1 fully saturated rings. The van der Waals surface area contributed by atoms with Crippen LogP contribution in [0.15, 0.2) is 24.3 Å². The van der Waals surface area contributed by atoms with E-state index in [9.17, 15) is 8.78 Å². The van der Waals surface area contributed by atoms with Crippen LogP contribution in [-0.2, 0) is 0 Å². The number of hydrogen-bond acceptors (Lipinski definition) is 1. The fraction of sp³-hybridized carbons (Fsp3) is 0.333. The Bertz CT molecular complexity index is 370. The van der Waals surface area contributed by atoms with Gasteiger partial charge in [0.15, 0.2) is 0 Å². The molecular formula is C12H13F2N. The van der Waals surface area contributed by atoms with E-state index in [-0.39, 0.29) is 0 Å². The lowest BCUT2D eigenvalue weighted by molar-refractivity contribution is 0.581. The van der Waals surface area contributed by atoms with Crippen molar-refractivity contribution in [1.29, 1.82) is 0 Å². The van der Waals surface area contributed by atoms with Crippen molar-refractivity contribution in [3.05, 3.63) is 41.5 Å². The first-order valence-electron chi connectivity index (χ1n) is 5.10. The summed E-state index contributed by atoms with van der Waals surface area (Å²) in [5, 5.41) is 3.27. The molecule has 1 aliphatic rings. The van der Waals surface area contributed by atoms with E-state index in [1.807, 2.05) is 6.08 Å². The predicted molar refractivity (Wildman–Crippen MR) is 56.4 cm³/mol. The second-order valence-electron chi connectivity index (χ2n) is 3.75. The number of rotatable bonds is 4. The molecule has 0 spiro atoms. The van der Waals surface area contributed by atoms with Gasteiger partial charge in [-0.1, -0.05) is 12.2 Å². The first-order valence-corrected chi connectivity index (χ1v) is 5.10. The highest BCUT2D eigenvalue weighted by atomic mass is 19.1. The molecule has 0 saturated heterocycles. The fourth-order valence-corrected chi connectivity index (χ4v) is 1.34. The minimum Gasteiger partial charge on any atom is -0.311 e. The summed E-state index contributed by atoms with van der Waals surface area (Å²) in [5.41, 5.74) is 0.425. The van der Waals surface area contributed by atoms with Crippen LogP contribution in [0.5, 0.6) is 0 Å². The summed E-state index contributed by atoms with van der Waals surface area (Å²) in [6.45, 7) is 0.738. The van der Waals surface area contributed by atoms with Gasteiger partial charge < -0.3 is 5.32 Å². The number of halogens is 2. The highest BCUT2D eigenvalue weighted by Crippen LogP contribution is 2.18. The van der Waals surface area contributed by atoms with Crippen molar-refractivity contribution in [3.63, 3.8) is 0 Å². The van der Waals surface area contributed by atoms with Gasteiger partial charge in [-0.05, 0) is 25.0 Å². The molecule has 0 unspecified atom stereocenters. The Morgan fingerprint density at radius 2 is 2.13 bits per heavy atom. The van der Waals surface area contributed by atoms with Crippen molar-refractivity contribution < 1.29 is 8.78 Å². The molecule has 80 valence electrons. The smallest absolute Gasteiger partial charge is 0.133 e. The lowest BCUT2D eigenvalue weighted by atomic mass is 10.2. The van der Waals surface area contributed by atoms with Gasteiger partial charge in [-0.3, -0.25) is 0 Å². The molecule has 1 saturated carbocycles. The highest BCUT2D eigenvalue weighted by molar-refractivity contribution is 5.49. The number of hydrogen-bond donors (Lipinski definition) is 1. The minimum atomic E-state index is -0.541. The van der Waals surface area contributed by atoms with Gasteiger partial charge in [0, 0.05) is 24.2 Å². The van der Waals surface area contributed by atoms with Crippen molar-refractivity contribution in [2.45, 2.75) is 18.9 Å². The monoisotopic (exact) mass is 209 g/mol. The van der Waals surface area contributed by atoms with Crippen LogP contribution >= 0.6 is 0 Å². The van der Waals surface area contributed by atoms with E-state index in [2.05, 4.69) is 5.32 Å². The lowest BCUT2D eigenvalue weighted by Crippen LogP contribution is -2.15. The van der Waals surface area contributed by atoms with Crippen LogP contribution in [0.3, 0.4) is 0 Å². The molecule has 0 radical (unpaired) electrons. The number of nitrogens with one attached hydrogen (secondary N) is 1. The zero-order valence-electron chi connectivity index (χ0n) is 8.34. The van der Waals surface area contributed by atoms with Crippen LogP contribution in [0.2, 0.25) is 0 Å². The topological polar surface area (TPSA) is 12.0 Å². The second-order valence-corrected chi connectivity index (χ2v) is 3.75. The maximum Gasteiger partial charge on any atom is 0.133 e. The Kier molecular flexibility index (Phi) is 3.11. The van der Waals surface area contributed by atoms with Gasteiger partial charge in [-0.15, -0.1) is 0 Å². The van der Waals surface area contributed by atoms with E-state index in [0.29, 0.717) is 11.6 Å². The molecule has 1 aliphatic carbocycles. The van der Waals surface area contributed by atoms with Crippen molar-refractivity contribution >= 4 is 6.08 Å². The molecule has 3 heteroatoms. The molecule has 0 bridgehead atoms. The van der Waals surface area contributed by atoms with Gasteiger partial charge in [-0.2, -0.15) is 0 Å². The second kappa shape index (κ2) is 4.53. The van der Waals surface area contributed by atoms with Crippen LogP contribution in [0.4, 0.5) is 8.78 Å². The Hall–Kier alpha value is -1.22. The Morgan fingerprint density at radius 3 is 2.80 bits per heavy atom. The summed E-state index contributed by atoms with van der Waals surface area (Å²) in [6.07, 6.45) is 6.00. The van der Waals surface area contributed by atoms with Gasteiger partial charge in [0.05, 0.1) is 0 Å². The van der Waals surface area contributed by atoms with E-state index in [4.69, 9.17) is 0 Å². The zero-order valence-corrected chi connectivity index (χ0v) is 8.34. The standard InChI is InChI=1S/C12H13F2N/c13-10-4-3-9(12(14)8-10)2-1-7-15-11-5-6-11/h1-4,8,11,15H,5-7H2. The van der Waals surface area contributed by atoms with Gasteiger partial charge in [0.25, 0.3) is 0 Å². The van der Waals surface area contributed by atoms with Crippen LogP contribution < -0.4 is 5.32 Å². The third-order valence-electron chi connectivity index (χ3n) is 2.36. The van der Waals surface area contributed by atoms with Crippen LogP contribution in [-0.4, -0.2) is 12.6 Å². The van der Waals surface area contributed by atoms with Crippen LogP contribution in [0, 0.1) is 11.6 Å². The summed E-state index contributed by atoms with van der Waals surface area (Å²) in [5.74, 6) is -1.06. The third-order valence-corrected chi connectivity index (χ3v) is 2.36. The normalized spacial score (nSPS) is 16.1. The Morgan fingerprint density at radius 1 is 1.33 bits per heavy atom.